The van der Waals surface area contributed by atoms with Crippen molar-refractivity contribution in [3.63, 3.8) is 0 Å². The van der Waals surface area contributed by atoms with Gasteiger partial charge in [-0.25, -0.2) is 0 Å². The van der Waals surface area contributed by atoms with E-state index in [1.54, 1.807) is 36.4 Å². The summed E-state index contributed by atoms with van der Waals surface area (Å²) in [4.78, 5) is 38.0. The van der Waals surface area contributed by atoms with E-state index in [1.807, 2.05) is 54.9 Å². The Labute approximate surface area is 437 Å². The molecular weight excluding hydrogens is 945 g/mol. The van der Waals surface area contributed by atoms with E-state index in [0.29, 0.717) is 54.0 Å². The zero-order valence-electron chi connectivity index (χ0n) is 42.4. The van der Waals surface area contributed by atoms with Gasteiger partial charge in [-0.05, 0) is 146 Å². The fourth-order valence-electron chi connectivity index (χ4n) is 12.9. The van der Waals surface area contributed by atoms with Gasteiger partial charge in [0.25, 0.3) is 0 Å². The number of ketones is 2. The molecule has 13 nitrogen and oxygen atoms in total. The fraction of sp³-hybridized carbons (Fsp3) is 0.419. The van der Waals surface area contributed by atoms with Crippen LogP contribution in [0.2, 0.25) is 0 Å². The fourth-order valence-corrected chi connectivity index (χ4v) is 12.9. The first kappa shape index (κ1) is 50.5. The second-order valence-corrected chi connectivity index (χ2v) is 21.7. The summed E-state index contributed by atoms with van der Waals surface area (Å²) in [5, 5.41) is 78.9. The molecule has 7 aliphatic rings. The molecule has 390 valence electrons. The van der Waals surface area contributed by atoms with Gasteiger partial charge in [-0.3, -0.25) is 9.59 Å². The molecule has 0 spiro atoms. The minimum atomic E-state index is -1.47. The number of carbonyl (C=O) groups excluding carboxylic acids is 2. The van der Waals surface area contributed by atoms with Crippen molar-refractivity contribution in [3.8, 4) is 29.1 Å². The number of hydrogen-bond acceptors (Lipinski definition) is 11. The van der Waals surface area contributed by atoms with Crippen LogP contribution in [0.1, 0.15) is 144 Å². The number of fused-ring (bicyclic) bond motifs is 8. The van der Waals surface area contributed by atoms with Crippen LogP contribution < -0.4 is 15.4 Å². The number of hydrogen-bond donors (Lipinski definition) is 10. The molecule has 3 aromatic carbocycles. The molecule has 12 rings (SSSR count). The van der Waals surface area contributed by atoms with E-state index in [4.69, 9.17) is 4.74 Å². The highest BCUT2D eigenvalue weighted by Crippen LogP contribution is 2.50. The Morgan fingerprint density at radius 2 is 1.71 bits per heavy atom. The minimum Gasteiger partial charge on any atom is -0.507 e. The maximum atomic E-state index is 16.1. The Balaban J connectivity index is 1.11. The number of H-pyrrole nitrogens is 2. The standard InChI is InChI=1S/C62H68N4O9/c1-2-25-63-34-38-12-16-51-48-32-52-43(20-26-64-52)50(33-62(74)23-18-36-6-5-9-53(68)40(36)19-24-62)56(48)60(73)46(22-28-67)54(69)17-10-35-29-49(59(72)55(30-35)75-39-7-3-4-8-39)57(70)37-11-13-41-44(58(38)71)15-14-42(47(41)31-37)45-21-27-65-61(45)66-51/h5-6,9,11,13-15,19-21,24,26-27,29-32,38-39,42,44,46,50-51,56-58,63-68,70-72,74H,2-4,7-8,10,17-18,22-23,25,28,33-34H2,1H3/t38-,42-,44+,46-,50+,51-,56+,57+,58+,62+/m0/s1. The average Bonchev–Trinajstić information content (AvgIpc) is 4.22. The van der Waals surface area contributed by atoms with Gasteiger partial charge in [-0.2, -0.15) is 0 Å². The number of Topliss-reactive ketones (excluding diaryl/α,β-unsaturated/α-hetero) is 2. The van der Waals surface area contributed by atoms with Gasteiger partial charge >= 0.3 is 0 Å². The normalized spacial score (nSPS) is 28.1. The van der Waals surface area contributed by atoms with E-state index in [1.165, 1.54) is 0 Å². The highest BCUT2D eigenvalue weighted by molar-refractivity contribution is 6.05. The van der Waals surface area contributed by atoms with E-state index in [9.17, 15) is 30.6 Å². The molecule has 13 heteroatoms. The number of phenols is 2. The van der Waals surface area contributed by atoms with Crippen molar-refractivity contribution in [2.75, 3.05) is 25.0 Å². The minimum absolute atomic E-state index is 0.0725. The second-order valence-electron chi connectivity index (χ2n) is 21.7. The summed E-state index contributed by atoms with van der Waals surface area (Å²) in [5.74, 6) is 2.56. The number of benzene rings is 3. The van der Waals surface area contributed by atoms with Crippen molar-refractivity contribution in [1.82, 2.24) is 15.3 Å². The van der Waals surface area contributed by atoms with Crippen LogP contribution in [0, 0.1) is 29.6 Å². The van der Waals surface area contributed by atoms with Gasteiger partial charge in [0, 0.05) is 78.0 Å². The molecule has 0 radical (unpaired) electrons. The summed E-state index contributed by atoms with van der Waals surface area (Å²) >= 11 is 0. The Morgan fingerprint density at radius 1 is 0.880 bits per heavy atom. The molecule has 0 amide bonds. The van der Waals surface area contributed by atoms with E-state index in [2.05, 4.69) is 51.5 Å². The molecule has 1 fully saturated rings. The first-order valence-corrected chi connectivity index (χ1v) is 27.1. The molecule has 5 heterocycles. The molecule has 7 bridgehead atoms. The van der Waals surface area contributed by atoms with Crippen molar-refractivity contribution in [2.45, 2.75) is 125 Å². The van der Waals surface area contributed by atoms with Crippen LogP contribution in [0.5, 0.6) is 17.2 Å². The lowest BCUT2D eigenvalue weighted by atomic mass is 9.65. The first-order chi connectivity index (χ1) is 36.4. The predicted molar refractivity (Wildman–Crippen MR) is 287 cm³/mol. The summed E-state index contributed by atoms with van der Waals surface area (Å²) in [6.07, 6.45) is 16.0. The van der Waals surface area contributed by atoms with Gasteiger partial charge in [-0.15, -0.1) is 0 Å². The number of rotatable bonds is 10. The number of aliphatic hydroxyl groups excluding tert-OH is 3. The Morgan fingerprint density at radius 3 is 2.53 bits per heavy atom. The number of aromatic hydroxyl groups is 2. The third-order valence-corrected chi connectivity index (χ3v) is 16.9. The highest BCUT2D eigenvalue weighted by Gasteiger charge is 2.47. The van der Waals surface area contributed by atoms with E-state index in [0.717, 1.165) is 65.6 Å². The molecule has 4 aliphatic carbocycles. The predicted octanol–water partition coefficient (Wildman–Crippen LogP) is 8.38. The van der Waals surface area contributed by atoms with Gasteiger partial charge in [0.1, 0.15) is 29.5 Å². The number of ether oxygens (including phenoxy) is 1. The summed E-state index contributed by atoms with van der Waals surface area (Å²) in [6.45, 7) is 2.69. The zero-order chi connectivity index (χ0) is 52.0. The molecule has 10 N–H and O–H groups in total. The largest absolute Gasteiger partial charge is 0.507 e. The topological polar surface area (TPSA) is 220 Å². The lowest BCUT2D eigenvalue weighted by Crippen LogP contribution is -2.43. The molecule has 75 heavy (non-hydrogen) atoms. The number of aromatic nitrogens is 2. The van der Waals surface area contributed by atoms with Gasteiger partial charge in [0.05, 0.1) is 29.6 Å². The van der Waals surface area contributed by atoms with Crippen LogP contribution >= 0.6 is 0 Å². The molecule has 2 aromatic heterocycles. The third-order valence-electron chi connectivity index (χ3n) is 16.9. The SMILES string of the molecule is CCCNC[C@@H]1C#C[C@@H]2Nc3[nH]ccc3[C@@H]3C=C[C@H](c4ccc(cc43)[C@@H](O)c3cc(cc(OC4CCCC4)c3O)CCC(=O)[C@H](CCO)C(=O)[C@@H]3C2=Cc2[nH]ccc2[C@H]3C[C@]2(O)C=Cc3c(O)cccc3CC2)[C@@H]1O. The summed E-state index contributed by atoms with van der Waals surface area (Å²) in [6, 6.07) is 17.6. The molecule has 10 atom stereocenters. The van der Waals surface area contributed by atoms with Crippen LogP contribution in [0.3, 0.4) is 0 Å². The number of phenolic OH excluding ortho intramolecular Hbond substituents is 2. The van der Waals surface area contributed by atoms with Crippen molar-refractivity contribution in [2.24, 2.45) is 17.8 Å². The Bertz CT molecular complexity index is 3130. The lowest BCUT2D eigenvalue weighted by molar-refractivity contribution is -0.135. The van der Waals surface area contributed by atoms with Crippen molar-refractivity contribution >= 4 is 29.5 Å². The van der Waals surface area contributed by atoms with Crippen LogP contribution in [-0.4, -0.2) is 95.7 Å². The molecular formula is C62H68N4O9. The van der Waals surface area contributed by atoms with Gasteiger partial charge in [0.2, 0.25) is 0 Å². The average molecular weight is 1010 g/mol. The van der Waals surface area contributed by atoms with Gasteiger partial charge in [0.15, 0.2) is 17.3 Å². The number of carbonyl (C=O) groups is 2. The molecule has 5 aromatic rings. The monoisotopic (exact) mass is 1010 g/mol. The second kappa shape index (κ2) is 21.2. The van der Waals surface area contributed by atoms with Crippen molar-refractivity contribution in [3.05, 3.63) is 153 Å². The lowest BCUT2D eigenvalue weighted by Gasteiger charge is -2.40. The van der Waals surface area contributed by atoms with E-state index < -0.39 is 65.8 Å². The number of nitrogens with one attached hydrogen (secondary N) is 4. The number of aryl methyl sites for hydroxylation is 2. The molecule has 0 unspecified atom stereocenters. The van der Waals surface area contributed by atoms with Gasteiger partial charge in [-0.1, -0.05) is 73.4 Å². The zero-order valence-corrected chi connectivity index (χ0v) is 42.4. The van der Waals surface area contributed by atoms with Crippen molar-refractivity contribution in [1.29, 1.82) is 0 Å². The van der Waals surface area contributed by atoms with Crippen LogP contribution in [0.15, 0.2) is 96.9 Å². The van der Waals surface area contributed by atoms with E-state index >= 15 is 9.59 Å². The number of allylic oxidation sites excluding steroid dienone is 1. The summed E-state index contributed by atoms with van der Waals surface area (Å²) in [5.41, 5.74) is 6.10. The van der Waals surface area contributed by atoms with Crippen LogP contribution in [0.4, 0.5) is 5.82 Å². The van der Waals surface area contributed by atoms with Crippen LogP contribution in [0.25, 0.3) is 12.2 Å². The number of aromatic amines is 2. The molecule has 0 saturated heterocycles. The summed E-state index contributed by atoms with van der Waals surface area (Å²) < 4.78 is 6.48. The quantitative estimate of drug-likeness (QED) is 0.0277. The van der Waals surface area contributed by atoms with E-state index in [-0.39, 0.29) is 66.3 Å². The Kier molecular flexibility index (Phi) is 14.2. The van der Waals surface area contributed by atoms with Gasteiger partial charge < -0.3 is 56.0 Å². The molecule has 1 saturated carbocycles. The highest BCUT2D eigenvalue weighted by atomic mass is 16.5. The van der Waals surface area contributed by atoms with Crippen molar-refractivity contribution < 1.29 is 45.0 Å². The van der Waals surface area contributed by atoms with Crippen LogP contribution in [-0.2, 0) is 22.4 Å². The maximum Gasteiger partial charge on any atom is 0.163 e. The summed E-state index contributed by atoms with van der Waals surface area (Å²) in [7, 11) is 0. The number of anilines is 1. The maximum absolute atomic E-state index is 16.1. The first-order valence-electron chi connectivity index (χ1n) is 27.1. The number of aliphatic hydroxyl groups is 4. The smallest absolute Gasteiger partial charge is 0.163 e. The Hall–Kier alpha value is -6.66. The third kappa shape index (κ3) is 9.79. The molecule has 3 aliphatic heterocycles.